The molecule has 0 radical (unpaired) electrons. The van der Waals surface area contributed by atoms with Crippen LogP contribution >= 0.6 is 0 Å². The zero-order valence-electron chi connectivity index (χ0n) is 22.1. The van der Waals surface area contributed by atoms with Gasteiger partial charge in [-0.05, 0) is 36.9 Å². The van der Waals surface area contributed by atoms with Gasteiger partial charge in [-0.1, -0.05) is 56.9 Å². The zero-order chi connectivity index (χ0) is 26.0. The molecule has 36 heavy (non-hydrogen) atoms. The molecule has 1 saturated heterocycles. The monoisotopic (exact) mass is 499 g/mol. The maximum absolute atomic E-state index is 13.2. The molecular formula is C28H45N5O3. The molecule has 1 aliphatic heterocycles. The number of aldehydes is 1. The molecule has 200 valence electrons. The highest BCUT2D eigenvalue weighted by atomic mass is 16.2. The first kappa shape index (κ1) is 28.3. The highest BCUT2D eigenvalue weighted by Crippen LogP contribution is 2.29. The molecule has 1 heterocycles. The molecule has 0 bridgehead atoms. The minimum absolute atomic E-state index is 0.0118. The Morgan fingerprint density at radius 3 is 2.25 bits per heavy atom. The third-order valence-electron chi connectivity index (χ3n) is 7.83. The summed E-state index contributed by atoms with van der Waals surface area (Å²) in [6.45, 7) is 5.94. The van der Waals surface area contributed by atoms with Gasteiger partial charge in [-0.15, -0.1) is 0 Å². The lowest BCUT2D eigenvalue weighted by atomic mass is 9.80. The standard InChI is InChI=1S/C28H45N5O3/c1-3-26(35)31-25(27(36)33-16-14-32(2)15-17-33)18-22-10-12-23(13-11-22)19-30-20-28(29,21-34)24-8-6-4-5-7-9-24/h10-13,21,24-25,30H,3-9,14-20,29H2,1-2H3,(H,31,35)/t25-,28-/m1/s1. The molecule has 0 spiro atoms. The summed E-state index contributed by atoms with van der Waals surface area (Å²) in [6, 6.07) is 7.54. The number of piperazine rings is 1. The van der Waals surface area contributed by atoms with Crippen LogP contribution in [0, 0.1) is 5.92 Å². The number of benzene rings is 1. The van der Waals surface area contributed by atoms with Crippen molar-refractivity contribution in [2.24, 2.45) is 11.7 Å². The Morgan fingerprint density at radius 2 is 1.67 bits per heavy atom. The van der Waals surface area contributed by atoms with Crippen LogP contribution in [0.5, 0.6) is 0 Å². The van der Waals surface area contributed by atoms with Crippen LogP contribution in [-0.2, 0) is 27.3 Å². The fourth-order valence-corrected chi connectivity index (χ4v) is 5.29. The molecule has 1 aliphatic carbocycles. The topological polar surface area (TPSA) is 108 Å². The summed E-state index contributed by atoms with van der Waals surface area (Å²) >= 11 is 0. The number of carbonyl (C=O) groups excluding carboxylic acids is 3. The predicted molar refractivity (Wildman–Crippen MR) is 142 cm³/mol. The van der Waals surface area contributed by atoms with Crippen molar-refractivity contribution in [2.45, 2.75) is 76.4 Å². The molecule has 0 unspecified atom stereocenters. The zero-order valence-corrected chi connectivity index (χ0v) is 22.1. The summed E-state index contributed by atoms with van der Waals surface area (Å²) in [7, 11) is 2.05. The van der Waals surface area contributed by atoms with E-state index in [0.717, 1.165) is 56.2 Å². The van der Waals surface area contributed by atoms with E-state index in [2.05, 4.69) is 22.6 Å². The third-order valence-corrected chi connectivity index (χ3v) is 7.83. The minimum Gasteiger partial charge on any atom is -0.344 e. The van der Waals surface area contributed by atoms with Crippen LogP contribution in [0.4, 0.5) is 0 Å². The largest absolute Gasteiger partial charge is 0.344 e. The van der Waals surface area contributed by atoms with Crippen molar-refractivity contribution < 1.29 is 14.4 Å². The normalized spacial score (nSPS) is 20.2. The van der Waals surface area contributed by atoms with Crippen molar-refractivity contribution in [1.82, 2.24) is 20.4 Å². The Balaban J connectivity index is 1.55. The van der Waals surface area contributed by atoms with Crippen LogP contribution in [0.15, 0.2) is 24.3 Å². The number of hydrogen-bond acceptors (Lipinski definition) is 6. The van der Waals surface area contributed by atoms with Gasteiger partial charge in [0.15, 0.2) is 0 Å². The second-order valence-electron chi connectivity index (χ2n) is 10.6. The molecule has 1 saturated carbocycles. The second-order valence-corrected chi connectivity index (χ2v) is 10.6. The van der Waals surface area contributed by atoms with Gasteiger partial charge in [-0.3, -0.25) is 9.59 Å². The highest BCUT2D eigenvalue weighted by Gasteiger charge is 2.34. The molecule has 1 aromatic carbocycles. The van der Waals surface area contributed by atoms with E-state index in [-0.39, 0.29) is 17.7 Å². The molecule has 2 atom stereocenters. The fourth-order valence-electron chi connectivity index (χ4n) is 5.29. The van der Waals surface area contributed by atoms with Crippen molar-refractivity contribution in [3.05, 3.63) is 35.4 Å². The molecule has 3 rings (SSSR count). The van der Waals surface area contributed by atoms with Gasteiger partial charge in [0.2, 0.25) is 11.8 Å². The number of amides is 2. The van der Waals surface area contributed by atoms with E-state index in [1.54, 1.807) is 6.92 Å². The highest BCUT2D eigenvalue weighted by molar-refractivity contribution is 5.88. The molecule has 2 amide bonds. The van der Waals surface area contributed by atoms with Gasteiger partial charge < -0.3 is 31.0 Å². The Kier molecular flexibility index (Phi) is 10.9. The number of likely N-dealkylation sites (N-methyl/N-ethyl adjacent to an activating group) is 1. The van der Waals surface area contributed by atoms with Gasteiger partial charge in [0.05, 0.1) is 5.54 Å². The Bertz CT molecular complexity index is 845. The van der Waals surface area contributed by atoms with E-state index < -0.39 is 11.6 Å². The molecule has 4 N–H and O–H groups in total. The lowest BCUT2D eigenvalue weighted by Gasteiger charge is -2.34. The summed E-state index contributed by atoms with van der Waals surface area (Å²) in [5, 5.41) is 6.32. The quantitative estimate of drug-likeness (QED) is 0.317. The van der Waals surface area contributed by atoms with Crippen molar-refractivity contribution in [3.63, 3.8) is 0 Å². The molecule has 8 heteroatoms. The van der Waals surface area contributed by atoms with Crippen LogP contribution < -0.4 is 16.4 Å². The summed E-state index contributed by atoms with van der Waals surface area (Å²) in [5.74, 6) is 0.111. The Morgan fingerprint density at radius 1 is 1.06 bits per heavy atom. The first-order valence-electron chi connectivity index (χ1n) is 13.6. The molecular weight excluding hydrogens is 454 g/mol. The van der Waals surface area contributed by atoms with Gasteiger partial charge in [-0.25, -0.2) is 0 Å². The van der Waals surface area contributed by atoms with Crippen LogP contribution in [0.3, 0.4) is 0 Å². The van der Waals surface area contributed by atoms with E-state index >= 15 is 0 Å². The van der Waals surface area contributed by atoms with Crippen molar-refractivity contribution >= 4 is 18.1 Å². The first-order chi connectivity index (χ1) is 17.3. The summed E-state index contributed by atoms with van der Waals surface area (Å²) in [5.41, 5.74) is 7.80. The van der Waals surface area contributed by atoms with Crippen LogP contribution in [-0.4, -0.2) is 79.3 Å². The molecule has 2 fully saturated rings. The number of nitrogens with zero attached hydrogens (tertiary/aromatic N) is 2. The fraction of sp³-hybridized carbons (Fsp3) is 0.679. The summed E-state index contributed by atoms with van der Waals surface area (Å²) in [6.07, 6.45) is 8.56. The minimum atomic E-state index is -0.821. The maximum Gasteiger partial charge on any atom is 0.245 e. The number of carbonyl (C=O) groups is 3. The van der Waals surface area contributed by atoms with Gasteiger partial charge in [-0.2, -0.15) is 0 Å². The number of nitrogens with one attached hydrogen (secondary N) is 2. The summed E-state index contributed by atoms with van der Waals surface area (Å²) < 4.78 is 0. The average Bonchev–Trinajstić information content (AvgIpc) is 3.19. The van der Waals surface area contributed by atoms with Crippen molar-refractivity contribution in [3.8, 4) is 0 Å². The van der Waals surface area contributed by atoms with Crippen LogP contribution in [0.25, 0.3) is 0 Å². The van der Waals surface area contributed by atoms with Crippen LogP contribution in [0.1, 0.15) is 63.0 Å². The smallest absolute Gasteiger partial charge is 0.245 e. The SMILES string of the molecule is CCC(=O)N[C@H](Cc1ccc(CNC[C@@](N)(C=O)C2CCCCCC2)cc1)C(=O)N1CCN(C)CC1. The van der Waals surface area contributed by atoms with Gasteiger partial charge in [0.25, 0.3) is 0 Å². The Hall–Kier alpha value is -2.29. The van der Waals surface area contributed by atoms with Crippen molar-refractivity contribution in [1.29, 1.82) is 0 Å². The predicted octanol–water partition coefficient (Wildman–Crippen LogP) is 1.85. The average molecular weight is 500 g/mol. The van der Waals surface area contributed by atoms with E-state index in [1.165, 1.54) is 12.8 Å². The second kappa shape index (κ2) is 13.9. The van der Waals surface area contributed by atoms with E-state index in [0.29, 0.717) is 39.0 Å². The lowest BCUT2D eigenvalue weighted by molar-refractivity contribution is -0.137. The third kappa shape index (κ3) is 8.11. The summed E-state index contributed by atoms with van der Waals surface area (Å²) in [4.78, 5) is 41.3. The Labute approximate surface area is 216 Å². The molecule has 1 aromatic rings. The van der Waals surface area contributed by atoms with Gasteiger partial charge in [0.1, 0.15) is 12.3 Å². The molecule has 0 aromatic heterocycles. The van der Waals surface area contributed by atoms with E-state index in [4.69, 9.17) is 5.73 Å². The van der Waals surface area contributed by atoms with E-state index in [9.17, 15) is 14.4 Å². The maximum atomic E-state index is 13.2. The number of nitrogens with two attached hydrogens (primary N) is 1. The van der Waals surface area contributed by atoms with Gasteiger partial charge >= 0.3 is 0 Å². The molecule has 2 aliphatic rings. The lowest BCUT2D eigenvalue weighted by Crippen LogP contribution is -2.55. The first-order valence-corrected chi connectivity index (χ1v) is 13.6. The van der Waals surface area contributed by atoms with E-state index in [1.807, 2.05) is 29.2 Å². The van der Waals surface area contributed by atoms with Crippen LogP contribution in [0.2, 0.25) is 0 Å². The number of hydrogen-bond donors (Lipinski definition) is 3. The van der Waals surface area contributed by atoms with Crippen molar-refractivity contribution in [2.75, 3.05) is 39.8 Å². The van der Waals surface area contributed by atoms with Gasteiger partial charge in [0, 0.05) is 52.1 Å². The number of rotatable bonds is 11. The molecule has 8 nitrogen and oxygen atoms in total.